The van der Waals surface area contributed by atoms with Gasteiger partial charge in [-0.2, -0.15) is 0 Å². The molecular weight excluding hydrogens is 166 g/mol. The lowest BCUT2D eigenvalue weighted by Gasteiger charge is -2.20. The molecule has 0 aromatic rings. The maximum atomic E-state index is 5.43. The molecule has 0 spiro atoms. The summed E-state index contributed by atoms with van der Waals surface area (Å²) >= 11 is 0. The second kappa shape index (κ2) is 3.42. The van der Waals surface area contributed by atoms with E-state index >= 15 is 0 Å². The van der Waals surface area contributed by atoms with Crippen LogP contribution in [-0.4, -0.2) is 19.9 Å². The van der Waals surface area contributed by atoms with Gasteiger partial charge in [-0.15, -0.1) is 0 Å². The molecule has 2 rings (SSSR count). The van der Waals surface area contributed by atoms with E-state index in [4.69, 9.17) is 9.47 Å². The van der Waals surface area contributed by atoms with Gasteiger partial charge in [0.05, 0.1) is 0 Å². The molecule has 3 heteroatoms. The van der Waals surface area contributed by atoms with Crippen LogP contribution in [0.5, 0.6) is 0 Å². The van der Waals surface area contributed by atoms with Crippen molar-refractivity contribution >= 4 is 0 Å². The second-order valence-corrected chi connectivity index (χ2v) is 3.29. The van der Waals surface area contributed by atoms with E-state index in [9.17, 15) is 0 Å². The molecule has 0 radical (unpaired) electrons. The van der Waals surface area contributed by atoms with Crippen molar-refractivity contribution in [3.63, 3.8) is 0 Å². The normalized spacial score (nSPS) is 26.6. The minimum Gasteiger partial charge on any atom is -0.469 e. The molecule has 0 bridgehead atoms. The van der Waals surface area contributed by atoms with Crippen LogP contribution in [0.1, 0.15) is 19.8 Å². The number of rotatable bonds is 2. The Hall–Kier alpha value is -0.960. The number of ether oxygens (including phenoxy) is 2. The fourth-order valence-corrected chi connectivity index (χ4v) is 1.82. The van der Waals surface area contributed by atoms with Gasteiger partial charge in [-0.05, 0) is 12.0 Å². The highest BCUT2D eigenvalue weighted by molar-refractivity contribution is 5.33. The van der Waals surface area contributed by atoms with E-state index in [0.717, 1.165) is 18.6 Å². The molecule has 1 fully saturated rings. The molecule has 1 saturated heterocycles. The van der Waals surface area contributed by atoms with Gasteiger partial charge in [0.25, 0.3) is 0 Å². The van der Waals surface area contributed by atoms with Crippen LogP contribution in [0.3, 0.4) is 0 Å². The topological polar surface area (TPSA) is 30.5 Å². The van der Waals surface area contributed by atoms with E-state index < -0.39 is 0 Å². The number of fused-ring (bicyclic) bond motifs is 1. The Kier molecular flexibility index (Phi) is 2.27. The van der Waals surface area contributed by atoms with Crippen LogP contribution in [0.15, 0.2) is 23.1 Å². The Bertz CT molecular complexity index is 268. The van der Waals surface area contributed by atoms with Crippen LogP contribution in [0.25, 0.3) is 0 Å². The summed E-state index contributed by atoms with van der Waals surface area (Å²) in [6.07, 6.45) is 4.27. The minimum atomic E-state index is 0.173. The van der Waals surface area contributed by atoms with E-state index in [1.54, 1.807) is 0 Å². The van der Waals surface area contributed by atoms with Crippen molar-refractivity contribution in [2.24, 2.45) is 0 Å². The first-order chi connectivity index (χ1) is 6.35. The van der Waals surface area contributed by atoms with Gasteiger partial charge < -0.3 is 14.8 Å². The van der Waals surface area contributed by atoms with Gasteiger partial charge >= 0.3 is 0 Å². The van der Waals surface area contributed by atoms with Crippen LogP contribution < -0.4 is 5.32 Å². The number of hydrogen-bond donors (Lipinski definition) is 1. The summed E-state index contributed by atoms with van der Waals surface area (Å²) in [7, 11) is 1.94. The quantitative estimate of drug-likeness (QED) is 0.700. The number of nitrogens with one attached hydrogen (secondary N) is 1. The molecule has 1 unspecified atom stereocenters. The molecule has 3 nitrogen and oxygen atoms in total. The van der Waals surface area contributed by atoms with Gasteiger partial charge in [0, 0.05) is 25.2 Å². The molecule has 13 heavy (non-hydrogen) atoms. The zero-order valence-corrected chi connectivity index (χ0v) is 8.09. The lowest BCUT2D eigenvalue weighted by molar-refractivity contribution is 0.0499. The van der Waals surface area contributed by atoms with E-state index in [1.807, 2.05) is 7.05 Å². The molecule has 1 heterocycles. The molecular formula is C10H15NO2. The Morgan fingerprint density at radius 2 is 2.46 bits per heavy atom. The molecule has 1 atom stereocenters. The van der Waals surface area contributed by atoms with Crippen molar-refractivity contribution in [2.75, 3.05) is 13.8 Å². The van der Waals surface area contributed by atoms with Crippen molar-refractivity contribution in [1.82, 2.24) is 5.32 Å². The molecule has 72 valence electrons. The highest BCUT2D eigenvalue weighted by atomic mass is 16.7. The molecule has 1 aliphatic carbocycles. The first-order valence-electron chi connectivity index (χ1n) is 4.71. The standard InChI is InChI=1S/C10H15NO2/c1-3-7-4-9-10(13-6-12-9)5-8(7)11-2/h5,9,11H,3-4,6H2,1-2H3. The average Bonchev–Trinajstić information content (AvgIpc) is 2.62. The Morgan fingerprint density at radius 3 is 3.15 bits per heavy atom. The lowest BCUT2D eigenvalue weighted by Crippen LogP contribution is -2.19. The van der Waals surface area contributed by atoms with Crippen molar-refractivity contribution in [1.29, 1.82) is 0 Å². The minimum absolute atomic E-state index is 0.173. The van der Waals surface area contributed by atoms with Crippen LogP contribution >= 0.6 is 0 Å². The molecule has 2 aliphatic rings. The Balaban J connectivity index is 2.25. The maximum absolute atomic E-state index is 5.43. The van der Waals surface area contributed by atoms with E-state index in [-0.39, 0.29) is 6.10 Å². The van der Waals surface area contributed by atoms with Crippen molar-refractivity contribution in [2.45, 2.75) is 25.9 Å². The van der Waals surface area contributed by atoms with E-state index in [1.165, 1.54) is 11.3 Å². The van der Waals surface area contributed by atoms with E-state index in [2.05, 4.69) is 18.3 Å². The van der Waals surface area contributed by atoms with Gasteiger partial charge in [-0.1, -0.05) is 6.92 Å². The number of likely N-dealkylation sites (N-methyl/N-ethyl adjacent to an activating group) is 1. The zero-order valence-electron chi connectivity index (χ0n) is 8.09. The third kappa shape index (κ3) is 1.44. The SMILES string of the molecule is CCC1=C(NC)C=C2OCOC2C1. The van der Waals surface area contributed by atoms with Crippen LogP contribution in [0, 0.1) is 0 Å². The lowest BCUT2D eigenvalue weighted by atomic mass is 9.96. The summed E-state index contributed by atoms with van der Waals surface area (Å²) < 4.78 is 10.8. The summed E-state index contributed by atoms with van der Waals surface area (Å²) in [6.45, 7) is 2.58. The summed E-state index contributed by atoms with van der Waals surface area (Å²) in [6, 6.07) is 0. The van der Waals surface area contributed by atoms with Crippen LogP contribution in [0.4, 0.5) is 0 Å². The van der Waals surface area contributed by atoms with E-state index in [0.29, 0.717) is 6.79 Å². The third-order valence-corrected chi connectivity index (χ3v) is 2.61. The first kappa shape index (κ1) is 8.63. The molecule has 1 aliphatic heterocycles. The molecule has 0 aromatic heterocycles. The monoisotopic (exact) mass is 181 g/mol. The van der Waals surface area contributed by atoms with Gasteiger partial charge in [-0.3, -0.25) is 0 Å². The molecule has 0 amide bonds. The predicted octanol–water partition coefficient (Wildman–Crippen LogP) is 1.53. The van der Waals surface area contributed by atoms with Crippen molar-refractivity contribution in [3.05, 3.63) is 23.1 Å². The summed E-state index contributed by atoms with van der Waals surface area (Å²) in [5.41, 5.74) is 2.61. The molecule has 0 saturated carbocycles. The Morgan fingerprint density at radius 1 is 1.62 bits per heavy atom. The summed E-state index contributed by atoms with van der Waals surface area (Å²) in [5, 5.41) is 3.19. The smallest absolute Gasteiger partial charge is 0.189 e. The number of hydrogen-bond acceptors (Lipinski definition) is 3. The van der Waals surface area contributed by atoms with Gasteiger partial charge in [0.15, 0.2) is 6.79 Å². The zero-order chi connectivity index (χ0) is 9.26. The average molecular weight is 181 g/mol. The summed E-state index contributed by atoms with van der Waals surface area (Å²) in [5.74, 6) is 0.974. The third-order valence-electron chi connectivity index (χ3n) is 2.61. The molecule has 1 N–H and O–H groups in total. The van der Waals surface area contributed by atoms with Crippen LogP contribution in [0.2, 0.25) is 0 Å². The Labute approximate surface area is 78.4 Å². The maximum Gasteiger partial charge on any atom is 0.189 e. The fraction of sp³-hybridized carbons (Fsp3) is 0.600. The second-order valence-electron chi connectivity index (χ2n) is 3.29. The summed E-state index contributed by atoms with van der Waals surface area (Å²) in [4.78, 5) is 0. The van der Waals surface area contributed by atoms with Gasteiger partial charge in [0.1, 0.15) is 11.9 Å². The highest BCUT2D eigenvalue weighted by Gasteiger charge is 2.28. The molecule has 0 aromatic carbocycles. The largest absolute Gasteiger partial charge is 0.469 e. The first-order valence-corrected chi connectivity index (χ1v) is 4.71. The van der Waals surface area contributed by atoms with Gasteiger partial charge in [0.2, 0.25) is 0 Å². The highest BCUT2D eigenvalue weighted by Crippen LogP contribution is 2.31. The predicted molar refractivity (Wildman–Crippen MR) is 49.9 cm³/mol. The number of allylic oxidation sites excluding steroid dienone is 1. The van der Waals surface area contributed by atoms with Crippen molar-refractivity contribution in [3.8, 4) is 0 Å². The van der Waals surface area contributed by atoms with Gasteiger partial charge in [-0.25, -0.2) is 0 Å². The fourth-order valence-electron chi connectivity index (χ4n) is 1.82. The van der Waals surface area contributed by atoms with Crippen molar-refractivity contribution < 1.29 is 9.47 Å². The van der Waals surface area contributed by atoms with Crippen LogP contribution in [-0.2, 0) is 9.47 Å².